The summed E-state index contributed by atoms with van der Waals surface area (Å²) in [5.74, 6) is -0.259. The SMILES string of the molecule is Cc1cc(Cl)nc(Cl)c1C(=O)NCCC(C)N1CCC(N(Cc2ccsc2)C(=O)NC#N)CC1. The van der Waals surface area contributed by atoms with E-state index in [4.69, 9.17) is 28.5 Å². The highest BCUT2D eigenvalue weighted by atomic mass is 35.5. The molecule has 8 nitrogen and oxygen atoms in total. The molecule has 0 spiro atoms. The average molecular weight is 523 g/mol. The number of nitriles is 1. The van der Waals surface area contributed by atoms with Crippen molar-refractivity contribution in [3.05, 3.63) is 49.9 Å². The summed E-state index contributed by atoms with van der Waals surface area (Å²) >= 11 is 13.6. The predicted octanol–water partition coefficient (Wildman–Crippen LogP) is 4.42. The van der Waals surface area contributed by atoms with Gasteiger partial charge in [-0.1, -0.05) is 23.2 Å². The summed E-state index contributed by atoms with van der Waals surface area (Å²) in [6.07, 6.45) is 4.17. The van der Waals surface area contributed by atoms with Crippen LogP contribution in [-0.2, 0) is 6.54 Å². The number of nitrogens with zero attached hydrogens (tertiary/aromatic N) is 4. The summed E-state index contributed by atoms with van der Waals surface area (Å²) in [6.45, 7) is 6.59. The van der Waals surface area contributed by atoms with Crippen molar-refractivity contribution >= 4 is 46.5 Å². The van der Waals surface area contributed by atoms with E-state index in [2.05, 4.69) is 27.4 Å². The number of urea groups is 1. The topological polar surface area (TPSA) is 101 Å². The number of rotatable bonds is 8. The van der Waals surface area contributed by atoms with Crippen LogP contribution < -0.4 is 10.6 Å². The molecule has 2 aromatic heterocycles. The number of carbonyl (C=O) groups excluding carboxylic acids is 2. The lowest BCUT2D eigenvalue weighted by Crippen LogP contribution is -2.51. The van der Waals surface area contributed by atoms with Crippen molar-refractivity contribution in [1.29, 1.82) is 5.26 Å². The third-order valence-electron chi connectivity index (χ3n) is 6.14. The van der Waals surface area contributed by atoms with Crippen LogP contribution >= 0.6 is 34.5 Å². The monoisotopic (exact) mass is 522 g/mol. The molecule has 3 rings (SSSR count). The number of amides is 3. The fourth-order valence-electron chi connectivity index (χ4n) is 4.24. The van der Waals surface area contributed by atoms with Crippen LogP contribution in [0, 0.1) is 18.4 Å². The number of pyridine rings is 1. The van der Waals surface area contributed by atoms with Crippen molar-refractivity contribution in [3.8, 4) is 6.19 Å². The van der Waals surface area contributed by atoms with Crippen LogP contribution in [0.1, 0.15) is 47.7 Å². The third-order valence-corrected chi connectivity index (χ3v) is 7.34. The smallest absolute Gasteiger partial charge is 0.331 e. The minimum absolute atomic E-state index is 0.0684. The first-order valence-corrected chi connectivity index (χ1v) is 12.8. The largest absolute Gasteiger partial charge is 0.352 e. The minimum atomic E-state index is -0.353. The Bertz CT molecular complexity index is 1010. The number of carbonyl (C=O) groups is 2. The van der Waals surface area contributed by atoms with E-state index in [0.717, 1.165) is 37.9 Å². The molecule has 0 aliphatic carbocycles. The molecule has 3 heterocycles. The van der Waals surface area contributed by atoms with E-state index in [1.54, 1.807) is 35.4 Å². The van der Waals surface area contributed by atoms with Gasteiger partial charge in [0.05, 0.1) is 5.56 Å². The minimum Gasteiger partial charge on any atom is -0.352 e. The first kappa shape index (κ1) is 26.2. The van der Waals surface area contributed by atoms with Gasteiger partial charge in [0.1, 0.15) is 10.3 Å². The Morgan fingerprint density at radius 1 is 1.38 bits per heavy atom. The zero-order valence-corrected chi connectivity index (χ0v) is 21.5. The molecule has 0 aromatic carbocycles. The highest BCUT2D eigenvalue weighted by Gasteiger charge is 2.30. The Kier molecular flexibility index (Phi) is 9.54. The van der Waals surface area contributed by atoms with Crippen LogP contribution in [0.25, 0.3) is 0 Å². The van der Waals surface area contributed by atoms with Gasteiger partial charge in [0.25, 0.3) is 5.91 Å². The molecule has 1 unspecified atom stereocenters. The van der Waals surface area contributed by atoms with Crippen molar-refractivity contribution in [2.45, 2.75) is 51.7 Å². The van der Waals surface area contributed by atoms with Gasteiger partial charge in [-0.2, -0.15) is 16.6 Å². The van der Waals surface area contributed by atoms with Gasteiger partial charge in [0.2, 0.25) is 0 Å². The maximum Gasteiger partial charge on any atom is 0.331 e. The number of piperidine rings is 1. The van der Waals surface area contributed by atoms with Crippen molar-refractivity contribution < 1.29 is 9.59 Å². The average Bonchev–Trinajstić information content (AvgIpc) is 3.30. The van der Waals surface area contributed by atoms with Gasteiger partial charge in [0, 0.05) is 38.3 Å². The van der Waals surface area contributed by atoms with Gasteiger partial charge in [0.15, 0.2) is 6.19 Å². The lowest BCUT2D eigenvalue weighted by Gasteiger charge is -2.40. The predicted molar refractivity (Wildman–Crippen MR) is 134 cm³/mol. The van der Waals surface area contributed by atoms with Crippen LogP contribution in [0.15, 0.2) is 22.9 Å². The van der Waals surface area contributed by atoms with Gasteiger partial charge in [-0.05, 0) is 67.1 Å². The summed E-state index contributed by atoms with van der Waals surface area (Å²) in [7, 11) is 0. The molecule has 2 N–H and O–H groups in total. The molecule has 34 heavy (non-hydrogen) atoms. The lowest BCUT2D eigenvalue weighted by molar-refractivity contribution is 0.0910. The molecule has 2 aromatic rings. The molecule has 3 amide bonds. The van der Waals surface area contributed by atoms with E-state index >= 15 is 0 Å². The summed E-state index contributed by atoms with van der Waals surface area (Å²) in [5.41, 5.74) is 2.10. The quantitative estimate of drug-likeness (QED) is 0.303. The standard InChI is InChI=1S/C23H28Cl2N6O2S/c1-15-11-19(24)29-21(25)20(15)22(32)27-7-3-16(2)30-8-4-18(5-9-30)31(23(33)28-14-26)12-17-6-10-34-13-17/h6,10-11,13,16,18H,3-5,7-9,12H2,1-2H3,(H,27,32)(H,28,33). The van der Waals surface area contributed by atoms with E-state index in [9.17, 15) is 9.59 Å². The second kappa shape index (κ2) is 12.4. The fraction of sp³-hybridized carbons (Fsp3) is 0.478. The highest BCUT2D eigenvalue weighted by molar-refractivity contribution is 7.07. The van der Waals surface area contributed by atoms with Crippen molar-refractivity contribution in [2.24, 2.45) is 0 Å². The number of nitrogens with one attached hydrogen (secondary N) is 2. The molecule has 1 atom stereocenters. The number of hydrogen-bond acceptors (Lipinski definition) is 6. The van der Waals surface area contributed by atoms with E-state index in [-0.39, 0.29) is 34.3 Å². The maximum absolute atomic E-state index is 12.6. The van der Waals surface area contributed by atoms with Gasteiger partial charge < -0.3 is 15.1 Å². The Labute approximate surface area is 213 Å². The maximum atomic E-state index is 12.6. The van der Waals surface area contributed by atoms with Crippen molar-refractivity contribution in [1.82, 2.24) is 25.4 Å². The Balaban J connectivity index is 1.49. The first-order valence-electron chi connectivity index (χ1n) is 11.1. The molecule has 1 aliphatic rings. The molecule has 1 aliphatic heterocycles. The molecule has 0 bridgehead atoms. The van der Waals surface area contributed by atoms with Gasteiger partial charge in [-0.25, -0.2) is 15.1 Å². The number of hydrogen-bond donors (Lipinski definition) is 2. The van der Waals surface area contributed by atoms with Gasteiger partial charge in [-0.15, -0.1) is 0 Å². The fourth-order valence-corrected chi connectivity index (χ4v) is 5.51. The molecular weight excluding hydrogens is 495 g/mol. The van der Waals surface area contributed by atoms with Gasteiger partial charge >= 0.3 is 6.03 Å². The van der Waals surface area contributed by atoms with E-state index in [1.807, 2.05) is 16.8 Å². The number of halogens is 2. The number of aromatic nitrogens is 1. The Hall–Kier alpha value is -2.38. The molecule has 0 saturated carbocycles. The second-order valence-electron chi connectivity index (χ2n) is 8.39. The van der Waals surface area contributed by atoms with Crippen LogP contribution in [0.5, 0.6) is 0 Å². The molecule has 182 valence electrons. The van der Waals surface area contributed by atoms with E-state index in [0.29, 0.717) is 24.2 Å². The Morgan fingerprint density at radius 3 is 2.74 bits per heavy atom. The molecule has 1 saturated heterocycles. The molecule has 0 radical (unpaired) electrons. The number of likely N-dealkylation sites (tertiary alicyclic amines) is 1. The van der Waals surface area contributed by atoms with Crippen LogP contribution in [-0.4, -0.2) is 58.4 Å². The third kappa shape index (κ3) is 6.83. The van der Waals surface area contributed by atoms with E-state index < -0.39 is 0 Å². The summed E-state index contributed by atoms with van der Waals surface area (Å²) < 4.78 is 0. The summed E-state index contributed by atoms with van der Waals surface area (Å²) in [6, 6.07) is 3.59. The molecule has 1 fully saturated rings. The first-order chi connectivity index (χ1) is 16.3. The normalized spacial score (nSPS) is 15.4. The van der Waals surface area contributed by atoms with Crippen molar-refractivity contribution in [3.63, 3.8) is 0 Å². The highest BCUT2D eigenvalue weighted by Crippen LogP contribution is 2.23. The van der Waals surface area contributed by atoms with Crippen LogP contribution in [0.2, 0.25) is 10.3 Å². The zero-order valence-electron chi connectivity index (χ0n) is 19.2. The summed E-state index contributed by atoms with van der Waals surface area (Å²) in [4.78, 5) is 33.1. The summed E-state index contributed by atoms with van der Waals surface area (Å²) in [5, 5.41) is 18.5. The van der Waals surface area contributed by atoms with Crippen LogP contribution in [0.4, 0.5) is 4.79 Å². The number of aryl methyl sites for hydroxylation is 1. The van der Waals surface area contributed by atoms with E-state index in [1.165, 1.54) is 0 Å². The second-order valence-corrected chi connectivity index (χ2v) is 9.92. The van der Waals surface area contributed by atoms with Crippen LogP contribution in [0.3, 0.4) is 0 Å². The molecule has 11 heteroatoms. The lowest BCUT2D eigenvalue weighted by atomic mass is 10.0. The number of thiophene rings is 1. The van der Waals surface area contributed by atoms with Gasteiger partial charge in [-0.3, -0.25) is 4.79 Å². The zero-order chi connectivity index (χ0) is 24.7. The Morgan fingerprint density at radius 2 is 2.12 bits per heavy atom. The molecular formula is C23H28Cl2N6O2S. The van der Waals surface area contributed by atoms with Crippen molar-refractivity contribution in [2.75, 3.05) is 19.6 Å².